The number of carbonyl (C=O) groups excluding carboxylic acids is 1. The molecule has 1 amide bonds. The maximum Gasteiger partial charge on any atom is 0.319 e. The van der Waals surface area contributed by atoms with Crippen molar-refractivity contribution in [1.29, 1.82) is 0 Å². The third-order valence-corrected chi connectivity index (χ3v) is 4.10. The van der Waals surface area contributed by atoms with Crippen LogP contribution in [0, 0.1) is 16.7 Å². The molecule has 98 valence electrons. The highest BCUT2D eigenvalue weighted by molar-refractivity contribution is 6.02. The Hall–Kier alpha value is -1.06. The lowest BCUT2D eigenvalue weighted by atomic mass is 9.68. The van der Waals surface area contributed by atoms with E-state index in [4.69, 9.17) is 5.11 Å². The van der Waals surface area contributed by atoms with Crippen molar-refractivity contribution in [3.8, 4) is 0 Å². The minimum atomic E-state index is -1.14. The SMILES string of the molecule is CC(CNC(=O)C1(C(=O)O)CCC1)C(C)(C)C. The first-order valence-corrected chi connectivity index (χ1v) is 6.22. The van der Waals surface area contributed by atoms with Gasteiger partial charge in [0.15, 0.2) is 0 Å². The fourth-order valence-corrected chi connectivity index (χ4v) is 1.79. The quantitative estimate of drug-likeness (QED) is 0.740. The van der Waals surface area contributed by atoms with Gasteiger partial charge in [0.2, 0.25) is 5.91 Å². The molecule has 17 heavy (non-hydrogen) atoms. The third kappa shape index (κ3) is 2.79. The lowest BCUT2D eigenvalue weighted by molar-refractivity contribution is -0.162. The minimum absolute atomic E-state index is 0.114. The van der Waals surface area contributed by atoms with E-state index in [0.29, 0.717) is 25.3 Å². The van der Waals surface area contributed by atoms with Gasteiger partial charge in [-0.3, -0.25) is 9.59 Å². The smallest absolute Gasteiger partial charge is 0.319 e. The molecule has 4 nitrogen and oxygen atoms in total. The van der Waals surface area contributed by atoms with Gasteiger partial charge in [0, 0.05) is 6.54 Å². The third-order valence-electron chi connectivity index (χ3n) is 4.10. The van der Waals surface area contributed by atoms with Crippen LogP contribution < -0.4 is 5.32 Å². The molecule has 0 spiro atoms. The van der Waals surface area contributed by atoms with Crippen LogP contribution in [0.2, 0.25) is 0 Å². The van der Waals surface area contributed by atoms with Crippen LogP contribution >= 0.6 is 0 Å². The molecule has 1 saturated carbocycles. The second-order valence-corrected chi connectivity index (χ2v) is 6.22. The summed E-state index contributed by atoms with van der Waals surface area (Å²) in [5.41, 5.74) is -1.03. The summed E-state index contributed by atoms with van der Waals surface area (Å²) in [6.07, 6.45) is 1.77. The van der Waals surface area contributed by atoms with Gasteiger partial charge in [0.25, 0.3) is 0 Å². The molecule has 0 aliphatic heterocycles. The molecule has 0 aromatic heterocycles. The van der Waals surface area contributed by atoms with E-state index in [9.17, 15) is 9.59 Å². The van der Waals surface area contributed by atoms with E-state index in [1.807, 2.05) is 0 Å². The molecule has 0 radical (unpaired) electrons. The van der Waals surface area contributed by atoms with Crippen molar-refractivity contribution in [1.82, 2.24) is 5.32 Å². The number of aliphatic carboxylic acids is 1. The second kappa shape index (κ2) is 4.67. The highest BCUT2D eigenvalue weighted by atomic mass is 16.4. The molecule has 1 fully saturated rings. The molecule has 1 unspecified atom stereocenters. The highest BCUT2D eigenvalue weighted by Crippen LogP contribution is 2.41. The Labute approximate surface area is 103 Å². The molecule has 0 heterocycles. The Morgan fingerprint density at radius 1 is 1.35 bits per heavy atom. The van der Waals surface area contributed by atoms with Gasteiger partial charge < -0.3 is 10.4 Å². The molecule has 0 aromatic carbocycles. The molecule has 0 bridgehead atoms. The summed E-state index contributed by atoms with van der Waals surface area (Å²) in [6, 6.07) is 0. The zero-order valence-electron chi connectivity index (χ0n) is 11.2. The molecule has 1 atom stereocenters. The second-order valence-electron chi connectivity index (χ2n) is 6.22. The van der Waals surface area contributed by atoms with Crippen LogP contribution in [0.15, 0.2) is 0 Å². The molecule has 1 rings (SSSR count). The Morgan fingerprint density at radius 2 is 1.88 bits per heavy atom. The summed E-state index contributed by atoms with van der Waals surface area (Å²) in [4.78, 5) is 23.1. The zero-order chi connectivity index (χ0) is 13.3. The normalized spacial score (nSPS) is 20.2. The fraction of sp³-hybridized carbons (Fsp3) is 0.846. The zero-order valence-corrected chi connectivity index (χ0v) is 11.2. The Morgan fingerprint density at radius 3 is 2.18 bits per heavy atom. The summed E-state index contributed by atoms with van der Waals surface area (Å²) in [5.74, 6) is -0.977. The molecule has 2 N–H and O–H groups in total. The maximum absolute atomic E-state index is 11.9. The van der Waals surface area contributed by atoms with Gasteiger partial charge in [0.1, 0.15) is 5.41 Å². The lowest BCUT2D eigenvalue weighted by Gasteiger charge is -2.37. The van der Waals surface area contributed by atoms with Crippen LogP contribution in [-0.2, 0) is 9.59 Å². The van der Waals surface area contributed by atoms with Gasteiger partial charge >= 0.3 is 5.97 Å². The number of hydrogen-bond acceptors (Lipinski definition) is 2. The fourth-order valence-electron chi connectivity index (χ4n) is 1.79. The van der Waals surface area contributed by atoms with Gasteiger partial charge in [0.05, 0.1) is 0 Å². The predicted molar refractivity (Wildman–Crippen MR) is 65.5 cm³/mol. The van der Waals surface area contributed by atoms with Gasteiger partial charge in [-0.25, -0.2) is 0 Å². The number of carboxylic acid groups (broad SMARTS) is 1. The van der Waals surface area contributed by atoms with Gasteiger partial charge in [-0.05, 0) is 24.2 Å². The summed E-state index contributed by atoms with van der Waals surface area (Å²) in [7, 11) is 0. The van der Waals surface area contributed by atoms with E-state index in [-0.39, 0.29) is 11.3 Å². The summed E-state index contributed by atoms with van der Waals surface area (Å²) in [5, 5.41) is 11.9. The molecule has 4 heteroatoms. The van der Waals surface area contributed by atoms with Crippen molar-refractivity contribution in [2.24, 2.45) is 16.7 Å². The number of carboxylic acids is 1. The Balaban J connectivity index is 2.53. The van der Waals surface area contributed by atoms with E-state index in [2.05, 4.69) is 33.0 Å². The average Bonchev–Trinajstić information content (AvgIpc) is 2.09. The van der Waals surface area contributed by atoms with Crippen LogP contribution in [-0.4, -0.2) is 23.5 Å². The molecule has 1 aliphatic rings. The van der Waals surface area contributed by atoms with E-state index in [1.54, 1.807) is 0 Å². The minimum Gasteiger partial charge on any atom is -0.480 e. The van der Waals surface area contributed by atoms with Crippen LogP contribution in [0.25, 0.3) is 0 Å². The van der Waals surface area contributed by atoms with Crippen LogP contribution in [0.3, 0.4) is 0 Å². The number of amides is 1. The van der Waals surface area contributed by atoms with E-state index >= 15 is 0 Å². The van der Waals surface area contributed by atoms with Gasteiger partial charge in [-0.1, -0.05) is 34.1 Å². The van der Waals surface area contributed by atoms with Crippen LogP contribution in [0.4, 0.5) is 0 Å². The number of carbonyl (C=O) groups is 2. The van der Waals surface area contributed by atoms with Crippen molar-refractivity contribution >= 4 is 11.9 Å². The van der Waals surface area contributed by atoms with Crippen molar-refractivity contribution in [3.05, 3.63) is 0 Å². The largest absolute Gasteiger partial charge is 0.480 e. The first kappa shape index (κ1) is 14.0. The Kier molecular flexibility index (Phi) is 3.84. The van der Waals surface area contributed by atoms with Crippen molar-refractivity contribution in [2.75, 3.05) is 6.54 Å². The van der Waals surface area contributed by atoms with Crippen molar-refractivity contribution in [2.45, 2.75) is 47.0 Å². The summed E-state index contributed by atoms with van der Waals surface area (Å²) >= 11 is 0. The van der Waals surface area contributed by atoms with Crippen LogP contribution in [0.1, 0.15) is 47.0 Å². The standard InChI is InChI=1S/C13H23NO3/c1-9(12(2,3)4)8-14-10(15)13(11(16)17)6-5-7-13/h9H,5-8H2,1-4H3,(H,14,15)(H,16,17). The van der Waals surface area contributed by atoms with Crippen molar-refractivity contribution < 1.29 is 14.7 Å². The van der Waals surface area contributed by atoms with Crippen LogP contribution in [0.5, 0.6) is 0 Å². The first-order chi connectivity index (χ1) is 7.70. The number of nitrogens with one attached hydrogen (secondary N) is 1. The van der Waals surface area contributed by atoms with E-state index in [1.165, 1.54) is 0 Å². The number of rotatable bonds is 4. The van der Waals surface area contributed by atoms with Gasteiger partial charge in [-0.15, -0.1) is 0 Å². The average molecular weight is 241 g/mol. The highest BCUT2D eigenvalue weighted by Gasteiger charge is 2.51. The van der Waals surface area contributed by atoms with Gasteiger partial charge in [-0.2, -0.15) is 0 Å². The predicted octanol–water partition coefficient (Wildman–Crippen LogP) is 2.04. The number of hydrogen-bond donors (Lipinski definition) is 2. The molecular formula is C13H23NO3. The Bertz CT molecular complexity index is 313. The summed E-state index contributed by atoms with van der Waals surface area (Å²) in [6.45, 7) is 8.94. The molecule has 0 aromatic rings. The first-order valence-electron chi connectivity index (χ1n) is 6.22. The topological polar surface area (TPSA) is 66.4 Å². The lowest BCUT2D eigenvalue weighted by Crippen LogP contribution is -2.52. The molecular weight excluding hydrogens is 218 g/mol. The molecule has 1 aliphatic carbocycles. The van der Waals surface area contributed by atoms with E-state index in [0.717, 1.165) is 6.42 Å². The van der Waals surface area contributed by atoms with E-state index < -0.39 is 11.4 Å². The summed E-state index contributed by atoms with van der Waals surface area (Å²) < 4.78 is 0. The molecule has 0 saturated heterocycles. The monoisotopic (exact) mass is 241 g/mol. The maximum atomic E-state index is 11.9. The van der Waals surface area contributed by atoms with Crippen molar-refractivity contribution in [3.63, 3.8) is 0 Å².